The molecule has 2 heterocycles. The number of benzene rings is 1. The second-order valence-electron chi connectivity index (χ2n) is 6.60. The molecule has 8 heteroatoms. The summed E-state index contributed by atoms with van der Waals surface area (Å²) < 4.78 is 43.8. The number of nitrogens with zero attached hydrogens (tertiary/aromatic N) is 2. The molecule has 26 heavy (non-hydrogen) atoms. The van der Waals surface area contributed by atoms with Crippen LogP contribution in [0.2, 0.25) is 0 Å². The summed E-state index contributed by atoms with van der Waals surface area (Å²) in [6.45, 7) is 4.49. The number of aromatic nitrogens is 1. The summed E-state index contributed by atoms with van der Waals surface area (Å²) in [6, 6.07) is 6.14. The van der Waals surface area contributed by atoms with E-state index in [0.29, 0.717) is 30.2 Å². The molecule has 0 amide bonds. The summed E-state index contributed by atoms with van der Waals surface area (Å²) in [5.41, 5.74) is 0.829. The minimum absolute atomic E-state index is 0.172. The van der Waals surface area contributed by atoms with E-state index in [0.717, 1.165) is 12.1 Å². The van der Waals surface area contributed by atoms with Crippen LogP contribution in [0, 0.1) is 0 Å². The van der Waals surface area contributed by atoms with E-state index in [1.165, 1.54) is 30.7 Å². The van der Waals surface area contributed by atoms with Gasteiger partial charge in [-0.2, -0.15) is 4.31 Å². The van der Waals surface area contributed by atoms with Gasteiger partial charge in [-0.25, -0.2) is 8.42 Å². The summed E-state index contributed by atoms with van der Waals surface area (Å²) in [5, 5.41) is 4.07. The first-order valence-corrected chi connectivity index (χ1v) is 10.0. The Kier molecular flexibility index (Phi) is 5.24. The first kappa shape index (κ1) is 18.7. The number of hydrogen-bond acceptors (Lipinski definition) is 6. The van der Waals surface area contributed by atoms with Gasteiger partial charge in [0.2, 0.25) is 10.0 Å². The smallest absolute Gasteiger partial charge is 0.243 e. The van der Waals surface area contributed by atoms with Gasteiger partial charge in [-0.05, 0) is 30.9 Å². The summed E-state index contributed by atoms with van der Waals surface area (Å²) in [7, 11) is -0.701. The molecule has 1 fully saturated rings. The van der Waals surface area contributed by atoms with E-state index in [-0.39, 0.29) is 16.9 Å². The molecule has 1 aromatic heterocycles. The topological polar surface area (TPSA) is 81.9 Å². The zero-order chi connectivity index (χ0) is 18.9. The van der Waals surface area contributed by atoms with Crippen molar-refractivity contribution in [2.75, 3.05) is 20.8 Å². The van der Waals surface area contributed by atoms with Crippen LogP contribution in [0.5, 0.6) is 11.5 Å². The molecule has 0 spiro atoms. The van der Waals surface area contributed by atoms with Crippen LogP contribution in [0.3, 0.4) is 0 Å². The van der Waals surface area contributed by atoms with Crippen LogP contribution in [0.15, 0.2) is 33.7 Å². The Hall–Kier alpha value is -2.06. The molecule has 0 aliphatic carbocycles. The second-order valence-corrected chi connectivity index (χ2v) is 8.49. The van der Waals surface area contributed by atoms with Crippen molar-refractivity contribution >= 4 is 10.0 Å². The lowest BCUT2D eigenvalue weighted by molar-refractivity contribution is 0.295. The molecular weight excluding hydrogens is 356 g/mol. The molecule has 0 saturated carbocycles. The zero-order valence-electron chi connectivity index (χ0n) is 15.4. The molecule has 1 saturated heterocycles. The molecule has 7 nitrogen and oxygen atoms in total. The van der Waals surface area contributed by atoms with Gasteiger partial charge >= 0.3 is 0 Å². The number of sulfonamides is 1. The zero-order valence-corrected chi connectivity index (χ0v) is 16.2. The van der Waals surface area contributed by atoms with Crippen LogP contribution in [0.1, 0.15) is 50.1 Å². The summed E-state index contributed by atoms with van der Waals surface area (Å²) >= 11 is 0. The van der Waals surface area contributed by atoms with Crippen molar-refractivity contribution in [1.82, 2.24) is 9.46 Å². The average Bonchev–Trinajstić information content (AvgIpc) is 3.30. The van der Waals surface area contributed by atoms with Crippen molar-refractivity contribution in [2.45, 2.75) is 43.5 Å². The van der Waals surface area contributed by atoms with E-state index >= 15 is 0 Å². The maximum Gasteiger partial charge on any atom is 0.243 e. The van der Waals surface area contributed by atoms with Crippen LogP contribution < -0.4 is 9.47 Å². The van der Waals surface area contributed by atoms with E-state index in [2.05, 4.69) is 5.16 Å². The van der Waals surface area contributed by atoms with Crippen LogP contribution >= 0.6 is 0 Å². The SMILES string of the molecule is COc1ccc(S(=O)(=O)N2CCCC2c2cc(C(C)C)no2)cc1OC. The minimum Gasteiger partial charge on any atom is -0.493 e. The number of rotatable bonds is 6. The lowest BCUT2D eigenvalue weighted by Crippen LogP contribution is -2.30. The normalized spacial score (nSPS) is 18.4. The van der Waals surface area contributed by atoms with Gasteiger partial charge in [-0.3, -0.25) is 0 Å². The van der Waals surface area contributed by atoms with Gasteiger partial charge < -0.3 is 14.0 Å². The van der Waals surface area contributed by atoms with Gasteiger partial charge in [0.25, 0.3) is 0 Å². The van der Waals surface area contributed by atoms with Crippen LogP contribution in [0.4, 0.5) is 0 Å². The van der Waals surface area contributed by atoms with Crippen LogP contribution in [-0.2, 0) is 10.0 Å². The predicted octanol–water partition coefficient (Wildman–Crippen LogP) is 3.34. The van der Waals surface area contributed by atoms with Crippen LogP contribution in [-0.4, -0.2) is 38.6 Å². The highest BCUT2D eigenvalue weighted by Crippen LogP contribution is 2.39. The number of hydrogen-bond donors (Lipinski definition) is 0. The van der Waals surface area contributed by atoms with Gasteiger partial charge in [0.05, 0.1) is 30.9 Å². The number of methoxy groups -OCH3 is 2. The highest BCUT2D eigenvalue weighted by molar-refractivity contribution is 7.89. The first-order chi connectivity index (χ1) is 12.4. The number of ether oxygens (including phenoxy) is 2. The second kappa shape index (κ2) is 7.28. The highest BCUT2D eigenvalue weighted by atomic mass is 32.2. The predicted molar refractivity (Wildman–Crippen MR) is 96.0 cm³/mol. The molecule has 3 rings (SSSR count). The quantitative estimate of drug-likeness (QED) is 0.764. The Labute approximate surface area is 153 Å². The summed E-state index contributed by atoms with van der Waals surface area (Å²) in [6.07, 6.45) is 1.48. The third kappa shape index (κ3) is 3.31. The van der Waals surface area contributed by atoms with E-state index in [1.807, 2.05) is 19.9 Å². The molecule has 1 aromatic carbocycles. The molecule has 1 atom stereocenters. The maximum atomic E-state index is 13.2. The van der Waals surface area contributed by atoms with Gasteiger partial charge in [0, 0.05) is 18.7 Å². The fraction of sp³-hybridized carbons (Fsp3) is 0.500. The Morgan fingerprint density at radius 3 is 2.54 bits per heavy atom. The average molecular weight is 380 g/mol. The van der Waals surface area contributed by atoms with Crippen molar-refractivity contribution in [3.63, 3.8) is 0 Å². The van der Waals surface area contributed by atoms with E-state index in [1.54, 1.807) is 6.07 Å². The van der Waals surface area contributed by atoms with Gasteiger partial charge in [0.1, 0.15) is 0 Å². The van der Waals surface area contributed by atoms with Gasteiger partial charge in [-0.1, -0.05) is 19.0 Å². The highest BCUT2D eigenvalue weighted by Gasteiger charge is 2.38. The molecule has 1 unspecified atom stereocenters. The van der Waals surface area contributed by atoms with E-state index < -0.39 is 10.0 Å². The lowest BCUT2D eigenvalue weighted by atomic mass is 10.1. The van der Waals surface area contributed by atoms with Crippen molar-refractivity contribution in [3.05, 3.63) is 35.7 Å². The van der Waals surface area contributed by atoms with E-state index in [9.17, 15) is 8.42 Å². The van der Waals surface area contributed by atoms with E-state index in [4.69, 9.17) is 14.0 Å². The lowest BCUT2D eigenvalue weighted by Gasteiger charge is -2.22. The van der Waals surface area contributed by atoms with Crippen LogP contribution in [0.25, 0.3) is 0 Å². The van der Waals surface area contributed by atoms with Crippen molar-refractivity contribution in [3.8, 4) is 11.5 Å². The monoisotopic (exact) mass is 380 g/mol. The first-order valence-electron chi connectivity index (χ1n) is 8.59. The summed E-state index contributed by atoms with van der Waals surface area (Å²) in [5.74, 6) is 1.69. The Bertz CT molecular complexity index is 875. The minimum atomic E-state index is -3.69. The Morgan fingerprint density at radius 2 is 1.92 bits per heavy atom. The molecule has 0 radical (unpaired) electrons. The standard InChI is InChI=1S/C18H24N2O5S/c1-12(2)14-11-17(25-19-14)15-6-5-9-20(15)26(21,22)13-7-8-16(23-3)18(10-13)24-4/h7-8,10-12,15H,5-6,9H2,1-4H3. The van der Waals surface area contributed by atoms with Gasteiger partial charge in [0.15, 0.2) is 17.3 Å². The van der Waals surface area contributed by atoms with Crippen molar-refractivity contribution in [1.29, 1.82) is 0 Å². The molecule has 0 bridgehead atoms. The maximum absolute atomic E-state index is 13.2. The summed E-state index contributed by atoms with van der Waals surface area (Å²) in [4.78, 5) is 0.172. The molecular formula is C18H24N2O5S. The molecule has 0 N–H and O–H groups in total. The molecule has 1 aliphatic heterocycles. The van der Waals surface area contributed by atoms with Crippen molar-refractivity contribution < 1.29 is 22.4 Å². The molecule has 1 aliphatic rings. The third-order valence-corrected chi connectivity index (χ3v) is 6.54. The largest absolute Gasteiger partial charge is 0.493 e. The third-order valence-electron chi connectivity index (χ3n) is 4.63. The Morgan fingerprint density at radius 1 is 1.19 bits per heavy atom. The fourth-order valence-electron chi connectivity index (χ4n) is 3.16. The Balaban J connectivity index is 1.95. The molecule has 2 aromatic rings. The molecule has 142 valence electrons. The van der Waals surface area contributed by atoms with Gasteiger partial charge in [-0.15, -0.1) is 0 Å². The fourth-order valence-corrected chi connectivity index (χ4v) is 4.84. The van der Waals surface area contributed by atoms with Crippen molar-refractivity contribution in [2.24, 2.45) is 0 Å².